The molecule has 0 atom stereocenters. The molecule has 2 heterocycles. The molecule has 0 spiro atoms. The van der Waals surface area contributed by atoms with Gasteiger partial charge in [-0.05, 0) is 48.7 Å². The van der Waals surface area contributed by atoms with Crippen LogP contribution in [-0.2, 0) is 11.9 Å². The second-order valence-corrected chi connectivity index (χ2v) is 10.4. The first-order chi connectivity index (χ1) is 17.7. The number of anilines is 2. The summed E-state index contributed by atoms with van der Waals surface area (Å²) < 4.78 is 39.3. The van der Waals surface area contributed by atoms with E-state index < -0.39 is 11.7 Å². The number of hydrogen-bond acceptors (Lipinski definition) is 6. The molecule has 6 nitrogen and oxygen atoms in total. The predicted molar refractivity (Wildman–Crippen MR) is 139 cm³/mol. The number of nitrogens with zero attached hydrogens (tertiary/aromatic N) is 4. The highest BCUT2D eigenvalue weighted by atomic mass is 35.5. The maximum absolute atomic E-state index is 13.1. The van der Waals surface area contributed by atoms with Crippen molar-refractivity contribution >= 4 is 40.8 Å². The zero-order valence-electron chi connectivity index (χ0n) is 19.8. The second kappa shape index (κ2) is 10.8. The Balaban J connectivity index is 1.18. The van der Waals surface area contributed by atoms with Gasteiger partial charge < -0.3 is 15.1 Å². The van der Waals surface area contributed by atoms with Gasteiger partial charge in [0.2, 0.25) is 0 Å². The Morgan fingerprint density at radius 3 is 2.38 bits per heavy atom. The van der Waals surface area contributed by atoms with Crippen LogP contribution in [0.5, 0.6) is 0 Å². The molecule has 37 heavy (non-hydrogen) atoms. The quantitative estimate of drug-likeness (QED) is 0.234. The van der Waals surface area contributed by atoms with Crippen LogP contribution in [0.4, 0.5) is 24.7 Å². The molecule has 1 N–H and O–H groups in total. The molecule has 1 saturated heterocycles. The van der Waals surface area contributed by atoms with Gasteiger partial charge in [0.15, 0.2) is 5.16 Å². The largest absolute Gasteiger partial charge is 0.416 e. The van der Waals surface area contributed by atoms with Gasteiger partial charge in [0.05, 0.1) is 5.56 Å². The summed E-state index contributed by atoms with van der Waals surface area (Å²) in [6, 6.07) is 14.9. The third-order valence-electron chi connectivity index (χ3n) is 6.30. The van der Waals surface area contributed by atoms with Crippen molar-refractivity contribution in [1.82, 2.24) is 15.3 Å². The molecule has 1 aromatic heterocycles. The van der Waals surface area contributed by atoms with E-state index in [0.29, 0.717) is 65.4 Å². The first-order valence-electron chi connectivity index (χ1n) is 12.0. The zero-order valence-corrected chi connectivity index (χ0v) is 21.4. The van der Waals surface area contributed by atoms with Gasteiger partial charge in [-0.25, -0.2) is 9.97 Å². The SMILES string of the molecule is O=C(NC1CC1)c1ccc(CSc2nc(Cl)cc(N3CCN(c4cccc(C(F)(F)F)c4)CC3)n2)cc1. The Morgan fingerprint density at radius 2 is 1.70 bits per heavy atom. The lowest BCUT2D eigenvalue weighted by atomic mass is 10.1. The fraction of sp³-hybridized carbons (Fsp3) is 0.346. The summed E-state index contributed by atoms with van der Waals surface area (Å²) in [5.74, 6) is 1.27. The molecule has 5 rings (SSSR count). The summed E-state index contributed by atoms with van der Waals surface area (Å²) in [5.41, 5.74) is 1.59. The number of carbonyl (C=O) groups excluding carboxylic acids is 1. The van der Waals surface area contributed by atoms with Gasteiger partial charge in [0, 0.05) is 55.3 Å². The highest BCUT2D eigenvalue weighted by molar-refractivity contribution is 7.98. The van der Waals surface area contributed by atoms with Crippen LogP contribution in [-0.4, -0.2) is 48.1 Å². The van der Waals surface area contributed by atoms with Crippen LogP contribution in [0.15, 0.2) is 59.8 Å². The van der Waals surface area contributed by atoms with E-state index in [9.17, 15) is 18.0 Å². The molecule has 3 aromatic rings. The van der Waals surface area contributed by atoms with Crippen molar-refractivity contribution in [2.45, 2.75) is 36.0 Å². The highest BCUT2D eigenvalue weighted by Crippen LogP contribution is 2.32. The maximum atomic E-state index is 13.1. The second-order valence-electron chi connectivity index (χ2n) is 9.09. The Labute approximate surface area is 222 Å². The van der Waals surface area contributed by atoms with E-state index in [1.54, 1.807) is 12.1 Å². The van der Waals surface area contributed by atoms with E-state index in [4.69, 9.17) is 11.6 Å². The molecule has 1 aliphatic heterocycles. The van der Waals surface area contributed by atoms with Crippen molar-refractivity contribution < 1.29 is 18.0 Å². The number of hydrogen-bond donors (Lipinski definition) is 1. The minimum absolute atomic E-state index is 0.0438. The molecule has 0 unspecified atom stereocenters. The molecular weight excluding hydrogens is 523 g/mol. The van der Waals surface area contributed by atoms with Crippen molar-refractivity contribution in [3.8, 4) is 0 Å². The first-order valence-corrected chi connectivity index (χ1v) is 13.4. The normalized spacial score (nSPS) is 16.1. The van der Waals surface area contributed by atoms with Gasteiger partial charge in [-0.3, -0.25) is 4.79 Å². The number of carbonyl (C=O) groups is 1. The van der Waals surface area contributed by atoms with E-state index in [1.165, 1.54) is 23.9 Å². The van der Waals surface area contributed by atoms with Gasteiger partial charge >= 0.3 is 6.18 Å². The van der Waals surface area contributed by atoms with E-state index in [-0.39, 0.29) is 5.91 Å². The number of benzene rings is 2. The van der Waals surface area contributed by atoms with Gasteiger partial charge in [0.25, 0.3) is 5.91 Å². The van der Waals surface area contributed by atoms with E-state index >= 15 is 0 Å². The molecule has 1 amide bonds. The minimum Gasteiger partial charge on any atom is -0.368 e. The van der Waals surface area contributed by atoms with Gasteiger partial charge in [-0.15, -0.1) is 0 Å². The molecule has 0 bridgehead atoms. The predicted octanol–water partition coefficient (Wildman–Crippen LogP) is 5.66. The van der Waals surface area contributed by atoms with Crippen molar-refractivity contribution in [1.29, 1.82) is 0 Å². The summed E-state index contributed by atoms with van der Waals surface area (Å²) in [5, 5.41) is 3.85. The number of nitrogens with one attached hydrogen (secondary N) is 1. The third kappa shape index (κ3) is 6.67. The molecule has 0 radical (unpaired) electrons. The van der Waals surface area contributed by atoms with Crippen LogP contribution in [0.25, 0.3) is 0 Å². The van der Waals surface area contributed by atoms with Gasteiger partial charge in [0.1, 0.15) is 11.0 Å². The standard InChI is InChI=1S/C26H25ClF3N5OS/c27-22-15-23(35-12-10-34(11-13-35)21-3-1-2-19(14-21)26(28,29)30)33-25(32-22)37-16-17-4-6-18(7-5-17)24(36)31-20-8-9-20/h1-7,14-15,20H,8-13,16H2,(H,31,36). The Bertz CT molecular complexity index is 1260. The van der Waals surface area contributed by atoms with Crippen LogP contribution >= 0.6 is 23.4 Å². The molecule has 1 saturated carbocycles. The molecular formula is C26H25ClF3N5OS. The van der Waals surface area contributed by atoms with Crippen LogP contribution in [0.1, 0.15) is 34.3 Å². The van der Waals surface area contributed by atoms with Crippen molar-refractivity contribution in [3.05, 3.63) is 76.4 Å². The van der Waals surface area contributed by atoms with E-state index in [2.05, 4.69) is 20.2 Å². The number of piperazine rings is 1. The van der Waals surface area contributed by atoms with Crippen molar-refractivity contribution in [3.63, 3.8) is 0 Å². The Kier molecular flexibility index (Phi) is 7.48. The summed E-state index contributed by atoms with van der Waals surface area (Å²) in [7, 11) is 0. The van der Waals surface area contributed by atoms with Gasteiger partial charge in [-0.1, -0.05) is 41.6 Å². The number of aromatic nitrogens is 2. The lowest BCUT2D eigenvalue weighted by Crippen LogP contribution is -2.47. The highest BCUT2D eigenvalue weighted by Gasteiger charge is 2.31. The molecule has 194 valence electrons. The summed E-state index contributed by atoms with van der Waals surface area (Å²) in [6.07, 6.45) is -2.27. The van der Waals surface area contributed by atoms with Gasteiger partial charge in [-0.2, -0.15) is 13.2 Å². The Morgan fingerprint density at radius 1 is 1.00 bits per heavy atom. The Hall–Kier alpha value is -2.98. The van der Waals surface area contributed by atoms with Crippen LogP contribution in [0.2, 0.25) is 5.15 Å². The molecule has 2 aromatic carbocycles. The van der Waals surface area contributed by atoms with Crippen LogP contribution < -0.4 is 15.1 Å². The molecule has 11 heteroatoms. The van der Waals surface area contributed by atoms with Crippen molar-refractivity contribution in [2.24, 2.45) is 0 Å². The van der Waals surface area contributed by atoms with E-state index in [0.717, 1.165) is 24.5 Å². The monoisotopic (exact) mass is 547 g/mol. The molecule has 2 fully saturated rings. The average molecular weight is 548 g/mol. The van der Waals surface area contributed by atoms with Crippen LogP contribution in [0.3, 0.4) is 0 Å². The smallest absolute Gasteiger partial charge is 0.368 e. The lowest BCUT2D eigenvalue weighted by Gasteiger charge is -2.37. The lowest BCUT2D eigenvalue weighted by molar-refractivity contribution is -0.137. The number of rotatable bonds is 7. The minimum atomic E-state index is -4.36. The number of thioether (sulfide) groups is 1. The third-order valence-corrected chi connectivity index (χ3v) is 7.41. The molecule has 1 aliphatic carbocycles. The first kappa shape index (κ1) is 25.7. The van der Waals surface area contributed by atoms with Crippen LogP contribution in [0, 0.1) is 0 Å². The van der Waals surface area contributed by atoms with E-state index in [1.807, 2.05) is 29.2 Å². The number of halogens is 4. The number of alkyl halides is 3. The summed E-state index contributed by atoms with van der Waals surface area (Å²) >= 11 is 7.74. The summed E-state index contributed by atoms with van der Waals surface area (Å²) in [6.45, 7) is 2.31. The number of amides is 1. The maximum Gasteiger partial charge on any atom is 0.416 e. The average Bonchev–Trinajstić information content (AvgIpc) is 3.71. The molecule has 2 aliphatic rings. The summed E-state index contributed by atoms with van der Waals surface area (Å²) in [4.78, 5) is 25.2. The zero-order chi connectivity index (χ0) is 26.0. The fourth-order valence-electron chi connectivity index (χ4n) is 4.08. The van der Waals surface area contributed by atoms with Crippen molar-refractivity contribution in [2.75, 3.05) is 36.0 Å². The fourth-order valence-corrected chi connectivity index (χ4v) is 5.12. The topological polar surface area (TPSA) is 61.4 Å².